The molecule has 1 aromatic rings. The zero-order chi connectivity index (χ0) is 14.5. The first-order chi connectivity index (χ1) is 9.56. The predicted molar refractivity (Wildman–Crippen MR) is 78.8 cm³/mol. The molecule has 1 saturated heterocycles. The lowest BCUT2D eigenvalue weighted by molar-refractivity contribution is -0.128. The minimum Gasteiger partial charge on any atom is -0.342 e. The van der Waals surface area contributed by atoms with Crippen LogP contribution in [-0.2, 0) is 4.79 Å². The van der Waals surface area contributed by atoms with Gasteiger partial charge in [-0.25, -0.2) is 0 Å². The Hall–Kier alpha value is -1.68. The van der Waals surface area contributed by atoms with Gasteiger partial charge < -0.3 is 4.90 Å². The number of rotatable bonds is 3. The number of hydrogen-bond donors (Lipinski definition) is 0. The van der Waals surface area contributed by atoms with Crippen molar-refractivity contribution in [2.24, 2.45) is 0 Å². The number of ketones is 1. The Morgan fingerprint density at radius 2 is 1.75 bits per heavy atom. The highest BCUT2D eigenvalue weighted by Crippen LogP contribution is 2.08. The molecule has 1 aromatic carbocycles. The molecule has 4 heteroatoms. The molecule has 0 unspecified atom stereocenters. The summed E-state index contributed by atoms with van der Waals surface area (Å²) in [6.45, 7) is 7.22. The molecule has 1 amide bonds. The van der Waals surface area contributed by atoms with Gasteiger partial charge in [0, 0.05) is 38.7 Å². The lowest BCUT2D eigenvalue weighted by Crippen LogP contribution is -2.35. The van der Waals surface area contributed by atoms with Crippen LogP contribution in [0.25, 0.3) is 0 Å². The van der Waals surface area contributed by atoms with Gasteiger partial charge >= 0.3 is 0 Å². The van der Waals surface area contributed by atoms with Crippen molar-refractivity contribution in [2.75, 3.05) is 32.7 Å². The van der Waals surface area contributed by atoms with E-state index in [-0.39, 0.29) is 11.7 Å². The first-order valence-corrected chi connectivity index (χ1v) is 7.14. The predicted octanol–water partition coefficient (Wildman–Crippen LogP) is 1.73. The molecule has 4 nitrogen and oxygen atoms in total. The Morgan fingerprint density at radius 3 is 2.40 bits per heavy atom. The number of hydrogen-bond acceptors (Lipinski definition) is 3. The second kappa shape index (κ2) is 6.66. The van der Waals surface area contributed by atoms with Crippen LogP contribution in [0.1, 0.15) is 29.3 Å². The summed E-state index contributed by atoms with van der Waals surface area (Å²) in [5.74, 6) is 0.276. The Kier molecular flexibility index (Phi) is 4.90. The highest BCUT2D eigenvalue weighted by atomic mass is 16.2. The maximum absolute atomic E-state index is 12.2. The van der Waals surface area contributed by atoms with Gasteiger partial charge in [0.1, 0.15) is 0 Å². The molecule has 108 valence electrons. The third-order valence-corrected chi connectivity index (χ3v) is 3.77. The molecular weight excluding hydrogens is 252 g/mol. The summed E-state index contributed by atoms with van der Waals surface area (Å²) >= 11 is 0. The van der Waals surface area contributed by atoms with Crippen LogP contribution in [0.4, 0.5) is 0 Å². The van der Waals surface area contributed by atoms with E-state index in [2.05, 4.69) is 4.90 Å². The number of Topliss-reactive ketones (excluding diaryl/α,β-unsaturated/α-hetero) is 1. The van der Waals surface area contributed by atoms with Crippen LogP contribution in [0, 0.1) is 6.92 Å². The zero-order valence-corrected chi connectivity index (χ0v) is 12.3. The van der Waals surface area contributed by atoms with Crippen molar-refractivity contribution in [1.29, 1.82) is 0 Å². The van der Waals surface area contributed by atoms with Crippen molar-refractivity contribution in [3.8, 4) is 0 Å². The molecule has 0 spiro atoms. The molecule has 1 heterocycles. The van der Waals surface area contributed by atoms with Crippen molar-refractivity contribution in [1.82, 2.24) is 9.80 Å². The van der Waals surface area contributed by atoms with Gasteiger partial charge in [0.15, 0.2) is 5.78 Å². The van der Waals surface area contributed by atoms with Gasteiger partial charge in [0.05, 0.1) is 6.54 Å². The first kappa shape index (κ1) is 14.7. The van der Waals surface area contributed by atoms with E-state index in [0.717, 1.165) is 43.7 Å². The Bertz CT molecular complexity index is 482. The van der Waals surface area contributed by atoms with Crippen molar-refractivity contribution in [3.05, 3.63) is 35.4 Å². The van der Waals surface area contributed by atoms with E-state index in [1.54, 1.807) is 6.92 Å². The Labute approximate surface area is 120 Å². The molecule has 20 heavy (non-hydrogen) atoms. The standard InChI is InChI=1S/C16H22N2O2/c1-13-4-6-15(7-5-13)16(20)12-17-8-3-9-18(11-10-17)14(2)19/h4-7H,3,8-12H2,1-2H3. The van der Waals surface area contributed by atoms with Crippen LogP contribution < -0.4 is 0 Å². The molecular formula is C16H22N2O2. The van der Waals surface area contributed by atoms with Crippen molar-refractivity contribution >= 4 is 11.7 Å². The number of carbonyl (C=O) groups excluding carboxylic acids is 2. The first-order valence-electron chi connectivity index (χ1n) is 7.14. The van der Waals surface area contributed by atoms with Crippen LogP contribution in [0.15, 0.2) is 24.3 Å². The zero-order valence-electron chi connectivity index (χ0n) is 12.3. The third kappa shape index (κ3) is 3.90. The molecule has 0 radical (unpaired) electrons. The summed E-state index contributed by atoms with van der Waals surface area (Å²) in [5, 5.41) is 0. The van der Waals surface area contributed by atoms with Gasteiger partial charge in [-0.1, -0.05) is 29.8 Å². The Morgan fingerprint density at radius 1 is 1.05 bits per heavy atom. The van der Waals surface area contributed by atoms with Crippen LogP contribution in [0.5, 0.6) is 0 Å². The van der Waals surface area contributed by atoms with Gasteiger partial charge in [-0.05, 0) is 13.3 Å². The fourth-order valence-electron chi connectivity index (χ4n) is 2.48. The molecule has 2 rings (SSSR count). The number of amides is 1. The molecule has 0 saturated carbocycles. The highest BCUT2D eigenvalue weighted by Gasteiger charge is 2.18. The molecule has 0 N–H and O–H groups in total. The van der Waals surface area contributed by atoms with Gasteiger partial charge in [-0.15, -0.1) is 0 Å². The number of benzene rings is 1. The minimum atomic E-state index is 0.122. The summed E-state index contributed by atoms with van der Waals surface area (Å²) in [6.07, 6.45) is 0.931. The van der Waals surface area contributed by atoms with Gasteiger partial charge in [-0.2, -0.15) is 0 Å². The van der Waals surface area contributed by atoms with Crippen LogP contribution in [0.2, 0.25) is 0 Å². The number of nitrogens with zero attached hydrogens (tertiary/aromatic N) is 2. The van der Waals surface area contributed by atoms with E-state index >= 15 is 0 Å². The Balaban J connectivity index is 1.91. The fraction of sp³-hybridized carbons (Fsp3) is 0.500. The average molecular weight is 274 g/mol. The molecule has 1 aliphatic rings. The molecule has 1 aliphatic heterocycles. The lowest BCUT2D eigenvalue weighted by atomic mass is 10.1. The summed E-state index contributed by atoms with van der Waals surface area (Å²) in [7, 11) is 0. The quantitative estimate of drug-likeness (QED) is 0.788. The topological polar surface area (TPSA) is 40.6 Å². The summed E-state index contributed by atoms with van der Waals surface area (Å²) in [5.41, 5.74) is 1.93. The van der Waals surface area contributed by atoms with Crippen LogP contribution in [0.3, 0.4) is 0 Å². The second-order valence-electron chi connectivity index (χ2n) is 5.42. The summed E-state index contributed by atoms with van der Waals surface area (Å²) in [4.78, 5) is 27.6. The van der Waals surface area contributed by atoms with Crippen molar-refractivity contribution in [3.63, 3.8) is 0 Å². The van der Waals surface area contributed by atoms with Crippen LogP contribution >= 0.6 is 0 Å². The largest absolute Gasteiger partial charge is 0.342 e. The van der Waals surface area contributed by atoms with Gasteiger partial charge in [-0.3, -0.25) is 14.5 Å². The van der Waals surface area contributed by atoms with Crippen molar-refractivity contribution < 1.29 is 9.59 Å². The number of carbonyl (C=O) groups is 2. The molecule has 0 atom stereocenters. The van der Waals surface area contributed by atoms with E-state index in [1.807, 2.05) is 36.1 Å². The fourth-order valence-corrected chi connectivity index (χ4v) is 2.48. The SMILES string of the molecule is CC(=O)N1CCCN(CC(=O)c2ccc(C)cc2)CC1. The number of aryl methyl sites for hydroxylation is 1. The van der Waals surface area contributed by atoms with E-state index in [1.165, 1.54) is 0 Å². The molecule has 1 fully saturated rings. The van der Waals surface area contributed by atoms with E-state index in [4.69, 9.17) is 0 Å². The summed E-state index contributed by atoms with van der Waals surface area (Å²) < 4.78 is 0. The normalized spacial score (nSPS) is 16.8. The summed E-state index contributed by atoms with van der Waals surface area (Å²) in [6, 6.07) is 7.70. The maximum Gasteiger partial charge on any atom is 0.219 e. The lowest BCUT2D eigenvalue weighted by Gasteiger charge is -2.20. The highest BCUT2D eigenvalue weighted by molar-refractivity contribution is 5.97. The van der Waals surface area contributed by atoms with Gasteiger partial charge in [0.25, 0.3) is 0 Å². The monoisotopic (exact) mass is 274 g/mol. The van der Waals surface area contributed by atoms with Gasteiger partial charge in [0.2, 0.25) is 5.91 Å². The van der Waals surface area contributed by atoms with Crippen LogP contribution in [-0.4, -0.2) is 54.2 Å². The average Bonchev–Trinajstić information content (AvgIpc) is 2.65. The van der Waals surface area contributed by atoms with Crippen molar-refractivity contribution in [2.45, 2.75) is 20.3 Å². The molecule has 0 bridgehead atoms. The third-order valence-electron chi connectivity index (χ3n) is 3.77. The molecule has 0 aromatic heterocycles. The smallest absolute Gasteiger partial charge is 0.219 e. The maximum atomic E-state index is 12.2. The van der Waals surface area contributed by atoms with E-state index in [0.29, 0.717) is 6.54 Å². The van der Waals surface area contributed by atoms with E-state index < -0.39 is 0 Å². The minimum absolute atomic E-state index is 0.122. The molecule has 0 aliphatic carbocycles. The second-order valence-corrected chi connectivity index (χ2v) is 5.42. The van der Waals surface area contributed by atoms with E-state index in [9.17, 15) is 9.59 Å².